The van der Waals surface area contributed by atoms with Gasteiger partial charge in [-0.25, -0.2) is 0 Å². The third-order valence-corrected chi connectivity index (χ3v) is 3.34. The standard InChI is InChI=1S/C11H15BrN2/c12-10-1-3-11(4-2-10)14-6-5-9(7-13)8-14/h1-4,9H,5-8,13H2/t9-/m0/s1. The zero-order chi connectivity index (χ0) is 9.97. The zero-order valence-corrected chi connectivity index (χ0v) is 9.70. The van der Waals surface area contributed by atoms with Crippen LogP contribution in [0, 0.1) is 5.92 Å². The summed E-state index contributed by atoms with van der Waals surface area (Å²) in [6.07, 6.45) is 1.23. The molecule has 2 N–H and O–H groups in total. The average Bonchev–Trinajstić information content (AvgIpc) is 2.67. The van der Waals surface area contributed by atoms with Gasteiger partial charge >= 0.3 is 0 Å². The molecule has 0 amide bonds. The molecule has 0 saturated carbocycles. The Hall–Kier alpha value is -0.540. The fourth-order valence-corrected chi connectivity index (χ4v) is 2.18. The van der Waals surface area contributed by atoms with Crippen LogP contribution < -0.4 is 10.6 Å². The molecule has 2 nitrogen and oxygen atoms in total. The number of nitrogens with two attached hydrogens (primary N) is 1. The Morgan fingerprint density at radius 1 is 1.36 bits per heavy atom. The summed E-state index contributed by atoms with van der Waals surface area (Å²) >= 11 is 3.44. The van der Waals surface area contributed by atoms with Gasteiger partial charge in [-0.3, -0.25) is 0 Å². The van der Waals surface area contributed by atoms with Crippen molar-refractivity contribution in [3.05, 3.63) is 28.7 Å². The molecule has 1 aromatic carbocycles. The van der Waals surface area contributed by atoms with Crippen LogP contribution in [0.3, 0.4) is 0 Å². The van der Waals surface area contributed by atoms with Crippen molar-refractivity contribution in [2.45, 2.75) is 6.42 Å². The number of halogens is 1. The summed E-state index contributed by atoms with van der Waals surface area (Å²) in [5.74, 6) is 0.679. The van der Waals surface area contributed by atoms with Crippen LogP contribution in [-0.2, 0) is 0 Å². The maximum atomic E-state index is 5.66. The Morgan fingerprint density at radius 3 is 2.64 bits per heavy atom. The summed E-state index contributed by atoms with van der Waals surface area (Å²) in [5, 5.41) is 0. The lowest BCUT2D eigenvalue weighted by Crippen LogP contribution is -2.22. The summed E-state index contributed by atoms with van der Waals surface area (Å²) < 4.78 is 1.14. The third-order valence-electron chi connectivity index (χ3n) is 2.81. The molecule has 0 radical (unpaired) electrons. The summed E-state index contributed by atoms with van der Waals surface area (Å²) in [6.45, 7) is 3.06. The van der Waals surface area contributed by atoms with Crippen LogP contribution in [0.4, 0.5) is 5.69 Å². The van der Waals surface area contributed by atoms with Gasteiger partial charge < -0.3 is 10.6 Å². The van der Waals surface area contributed by atoms with Crippen molar-refractivity contribution in [1.29, 1.82) is 0 Å². The molecule has 0 spiro atoms. The molecule has 1 heterocycles. The molecule has 1 atom stereocenters. The van der Waals surface area contributed by atoms with Crippen molar-refractivity contribution >= 4 is 21.6 Å². The topological polar surface area (TPSA) is 29.3 Å². The molecule has 1 fully saturated rings. The fourth-order valence-electron chi connectivity index (χ4n) is 1.91. The van der Waals surface area contributed by atoms with Gasteiger partial charge in [-0.05, 0) is 43.1 Å². The number of anilines is 1. The van der Waals surface area contributed by atoms with Crippen molar-refractivity contribution in [1.82, 2.24) is 0 Å². The lowest BCUT2D eigenvalue weighted by Gasteiger charge is -2.18. The molecule has 76 valence electrons. The molecule has 1 aliphatic heterocycles. The van der Waals surface area contributed by atoms with Gasteiger partial charge in [-0.2, -0.15) is 0 Å². The average molecular weight is 255 g/mol. The van der Waals surface area contributed by atoms with Crippen molar-refractivity contribution < 1.29 is 0 Å². The summed E-state index contributed by atoms with van der Waals surface area (Å²) in [7, 11) is 0. The molecule has 0 bridgehead atoms. The normalized spacial score (nSPS) is 21.6. The van der Waals surface area contributed by atoms with Crippen molar-refractivity contribution in [3.8, 4) is 0 Å². The van der Waals surface area contributed by atoms with E-state index in [1.165, 1.54) is 12.1 Å². The number of rotatable bonds is 2. The van der Waals surface area contributed by atoms with Crippen LogP contribution in [-0.4, -0.2) is 19.6 Å². The third kappa shape index (κ3) is 2.10. The maximum Gasteiger partial charge on any atom is 0.0367 e. The lowest BCUT2D eigenvalue weighted by atomic mass is 10.1. The van der Waals surface area contributed by atoms with E-state index in [1.807, 2.05) is 0 Å². The first-order chi connectivity index (χ1) is 6.79. The summed E-state index contributed by atoms with van der Waals surface area (Å²) in [4.78, 5) is 2.41. The highest BCUT2D eigenvalue weighted by molar-refractivity contribution is 9.10. The zero-order valence-electron chi connectivity index (χ0n) is 8.12. The Bertz CT molecular complexity index is 297. The molecule has 2 rings (SSSR count). The van der Waals surface area contributed by atoms with Gasteiger partial charge in [-0.15, -0.1) is 0 Å². The van der Waals surface area contributed by atoms with Gasteiger partial charge in [-0.1, -0.05) is 15.9 Å². The largest absolute Gasteiger partial charge is 0.371 e. The Kier molecular flexibility index (Phi) is 3.08. The first-order valence-corrected chi connectivity index (χ1v) is 5.79. The Morgan fingerprint density at radius 2 is 2.07 bits per heavy atom. The minimum Gasteiger partial charge on any atom is -0.371 e. The number of hydrogen-bond acceptors (Lipinski definition) is 2. The highest BCUT2D eigenvalue weighted by Crippen LogP contribution is 2.24. The molecule has 0 aliphatic carbocycles. The van der Waals surface area contributed by atoms with Crippen LogP contribution >= 0.6 is 15.9 Å². The molecule has 0 aromatic heterocycles. The highest BCUT2D eigenvalue weighted by atomic mass is 79.9. The van der Waals surface area contributed by atoms with E-state index in [9.17, 15) is 0 Å². The molecule has 1 aromatic rings. The van der Waals surface area contributed by atoms with Crippen LogP contribution in [0.2, 0.25) is 0 Å². The molecular formula is C11H15BrN2. The number of hydrogen-bond donors (Lipinski definition) is 1. The van der Waals surface area contributed by atoms with E-state index in [4.69, 9.17) is 5.73 Å². The van der Waals surface area contributed by atoms with Gasteiger partial charge in [0, 0.05) is 23.2 Å². The minimum absolute atomic E-state index is 0.679. The molecule has 1 saturated heterocycles. The first kappa shape index (κ1) is 9.99. The first-order valence-electron chi connectivity index (χ1n) is 5.00. The number of nitrogens with zero attached hydrogens (tertiary/aromatic N) is 1. The second kappa shape index (κ2) is 4.32. The monoisotopic (exact) mass is 254 g/mol. The van der Waals surface area contributed by atoms with Gasteiger partial charge in [0.05, 0.1) is 0 Å². The smallest absolute Gasteiger partial charge is 0.0367 e. The van der Waals surface area contributed by atoms with Gasteiger partial charge in [0.25, 0.3) is 0 Å². The van der Waals surface area contributed by atoms with E-state index in [0.29, 0.717) is 5.92 Å². The fraction of sp³-hybridized carbons (Fsp3) is 0.455. The molecule has 14 heavy (non-hydrogen) atoms. The van der Waals surface area contributed by atoms with E-state index >= 15 is 0 Å². The summed E-state index contributed by atoms with van der Waals surface area (Å²) in [5.41, 5.74) is 6.97. The predicted octanol–water partition coefficient (Wildman–Crippen LogP) is 2.23. The second-order valence-electron chi connectivity index (χ2n) is 3.81. The molecule has 1 aliphatic rings. The van der Waals surface area contributed by atoms with Crippen molar-refractivity contribution in [3.63, 3.8) is 0 Å². The second-order valence-corrected chi connectivity index (χ2v) is 4.73. The Labute approximate surface area is 93.2 Å². The van der Waals surface area contributed by atoms with Crippen molar-refractivity contribution in [2.24, 2.45) is 11.7 Å². The maximum absolute atomic E-state index is 5.66. The van der Waals surface area contributed by atoms with E-state index in [1.54, 1.807) is 0 Å². The van der Waals surface area contributed by atoms with Gasteiger partial charge in [0.15, 0.2) is 0 Å². The minimum atomic E-state index is 0.679. The SMILES string of the molecule is NC[C@@H]1CCN(c2ccc(Br)cc2)C1. The van der Waals surface area contributed by atoms with E-state index in [0.717, 1.165) is 24.1 Å². The van der Waals surface area contributed by atoms with Crippen LogP contribution in [0.1, 0.15) is 6.42 Å². The van der Waals surface area contributed by atoms with E-state index < -0.39 is 0 Å². The molecule has 0 unspecified atom stereocenters. The summed E-state index contributed by atoms with van der Waals surface area (Å²) in [6, 6.07) is 8.49. The molecular weight excluding hydrogens is 240 g/mol. The quantitative estimate of drug-likeness (QED) is 0.878. The predicted molar refractivity (Wildman–Crippen MR) is 63.5 cm³/mol. The van der Waals surface area contributed by atoms with Gasteiger partial charge in [0.2, 0.25) is 0 Å². The molecule has 3 heteroatoms. The van der Waals surface area contributed by atoms with Crippen LogP contribution in [0.25, 0.3) is 0 Å². The highest BCUT2D eigenvalue weighted by Gasteiger charge is 2.20. The van der Waals surface area contributed by atoms with Crippen LogP contribution in [0.15, 0.2) is 28.7 Å². The van der Waals surface area contributed by atoms with E-state index in [2.05, 4.69) is 45.1 Å². The van der Waals surface area contributed by atoms with Crippen molar-refractivity contribution in [2.75, 3.05) is 24.5 Å². The van der Waals surface area contributed by atoms with Crippen LogP contribution in [0.5, 0.6) is 0 Å². The lowest BCUT2D eigenvalue weighted by molar-refractivity contribution is 0.602. The van der Waals surface area contributed by atoms with Gasteiger partial charge in [0.1, 0.15) is 0 Å². The Balaban J connectivity index is 2.06. The number of benzene rings is 1. The van der Waals surface area contributed by atoms with E-state index in [-0.39, 0.29) is 0 Å².